The van der Waals surface area contributed by atoms with Crippen LogP contribution in [-0.4, -0.2) is 38.7 Å². The van der Waals surface area contributed by atoms with Crippen LogP contribution in [0.25, 0.3) is 0 Å². The van der Waals surface area contributed by atoms with Gasteiger partial charge in [0.2, 0.25) is 0 Å². The van der Waals surface area contributed by atoms with E-state index in [1.165, 1.54) is 27.4 Å². The SMILES string of the molecule is COc1cc(C)c(C=O)c(OCc2c(C(=O)O)cc(OC)c(C)c2OC)c1. The fraction of sp³-hybridized carbons (Fsp3) is 0.300. The van der Waals surface area contributed by atoms with Gasteiger partial charge in [0.05, 0.1) is 32.5 Å². The molecule has 1 N–H and O–H groups in total. The van der Waals surface area contributed by atoms with Crippen LogP contribution in [-0.2, 0) is 6.61 Å². The van der Waals surface area contributed by atoms with Crippen molar-refractivity contribution in [1.29, 1.82) is 0 Å². The molecule has 2 rings (SSSR count). The largest absolute Gasteiger partial charge is 0.497 e. The summed E-state index contributed by atoms with van der Waals surface area (Å²) in [5.74, 6) is 0.457. The number of ether oxygens (including phenoxy) is 4. The number of aldehydes is 1. The Kier molecular flexibility index (Phi) is 6.28. The average molecular weight is 374 g/mol. The predicted octanol–water partition coefficient (Wildman–Crippen LogP) is 3.42. The smallest absolute Gasteiger partial charge is 0.336 e. The van der Waals surface area contributed by atoms with Gasteiger partial charge in [0.1, 0.15) is 29.6 Å². The number of hydrogen-bond donors (Lipinski definition) is 1. The predicted molar refractivity (Wildman–Crippen MR) is 98.7 cm³/mol. The van der Waals surface area contributed by atoms with Crippen LogP contribution in [0.4, 0.5) is 0 Å². The van der Waals surface area contributed by atoms with Crippen molar-refractivity contribution in [2.24, 2.45) is 0 Å². The maximum atomic E-state index is 11.7. The third-order valence-electron chi connectivity index (χ3n) is 4.29. The lowest BCUT2D eigenvalue weighted by atomic mass is 10.0. The molecule has 2 aromatic carbocycles. The number of aromatic carboxylic acids is 1. The number of hydrogen-bond acceptors (Lipinski definition) is 6. The summed E-state index contributed by atoms with van der Waals surface area (Å²) in [5, 5.41) is 9.58. The highest BCUT2D eigenvalue weighted by Gasteiger charge is 2.22. The Morgan fingerprint density at radius 2 is 1.74 bits per heavy atom. The molecule has 0 aromatic heterocycles. The zero-order valence-electron chi connectivity index (χ0n) is 15.9. The molecule has 0 spiro atoms. The Morgan fingerprint density at radius 3 is 2.26 bits per heavy atom. The molecule has 0 radical (unpaired) electrons. The van der Waals surface area contributed by atoms with Crippen molar-refractivity contribution >= 4 is 12.3 Å². The lowest BCUT2D eigenvalue weighted by Crippen LogP contribution is -2.11. The van der Waals surface area contributed by atoms with Gasteiger partial charge < -0.3 is 24.1 Å². The molecule has 0 bridgehead atoms. The monoisotopic (exact) mass is 374 g/mol. The van der Waals surface area contributed by atoms with Crippen LogP contribution < -0.4 is 18.9 Å². The summed E-state index contributed by atoms with van der Waals surface area (Å²) in [6.45, 7) is 3.42. The molecule has 7 heteroatoms. The quantitative estimate of drug-likeness (QED) is 0.708. The summed E-state index contributed by atoms with van der Waals surface area (Å²) in [6, 6.07) is 4.73. The molecule has 0 aliphatic carbocycles. The Morgan fingerprint density at radius 1 is 1.04 bits per heavy atom. The first-order valence-corrected chi connectivity index (χ1v) is 8.12. The zero-order chi connectivity index (χ0) is 20.1. The minimum absolute atomic E-state index is 0.00145. The molecule has 144 valence electrons. The molecule has 0 unspecified atom stereocenters. The Hall–Kier alpha value is -3.22. The van der Waals surface area contributed by atoms with Crippen molar-refractivity contribution in [2.75, 3.05) is 21.3 Å². The molecule has 0 saturated heterocycles. The summed E-state index contributed by atoms with van der Waals surface area (Å²) in [5.41, 5.74) is 2.07. The minimum atomic E-state index is -1.14. The molecular weight excluding hydrogens is 352 g/mol. The van der Waals surface area contributed by atoms with Crippen LogP contribution in [0.1, 0.15) is 37.4 Å². The van der Waals surface area contributed by atoms with Gasteiger partial charge in [-0.2, -0.15) is 0 Å². The highest BCUT2D eigenvalue weighted by molar-refractivity contribution is 5.91. The summed E-state index contributed by atoms with van der Waals surface area (Å²) in [6.07, 6.45) is 0.693. The van der Waals surface area contributed by atoms with Gasteiger partial charge in [-0.05, 0) is 31.5 Å². The topological polar surface area (TPSA) is 91.3 Å². The third-order valence-corrected chi connectivity index (χ3v) is 4.29. The van der Waals surface area contributed by atoms with E-state index in [-0.39, 0.29) is 12.2 Å². The number of carbonyl (C=O) groups is 2. The van der Waals surface area contributed by atoms with Crippen LogP contribution in [0.15, 0.2) is 18.2 Å². The van der Waals surface area contributed by atoms with Crippen molar-refractivity contribution in [3.63, 3.8) is 0 Å². The molecule has 0 atom stereocenters. The van der Waals surface area contributed by atoms with Crippen molar-refractivity contribution in [1.82, 2.24) is 0 Å². The normalized spacial score (nSPS) is 10.3. The van der Waals surface area contributed by atoms with Gasteiger partial charge in [0, 0.05) is 17.2 Å². The van der Waals surface area contributed by atoms with E-state index in [1.54, 1.807) is 26.0 Å². The van der Waals surface area contributed by atoms with Gasteiger partial charge in [-0.15, -0.1) is 0 Å². The van der Waals surface area contributed by atoms with E-state index in [2.05, 4.69) is 0 Å². The maximum absolute atomic E-state index is 11.7. The molecule has 2 aromatic rings. The summed E-state index contributed by atoms with van der Waals surface area (Å²) >= 11 is 0. The van der Waals surface area contributed by atoms with Crippen molar-refractivity contribution in [3.05, 3.63) is 46.0 Å². The van der Waals surface area contributed by atoms with Crippen molar-refractivity contribution in [3.8, 4) is 23.0 Å². The Balaban J connectivity index is 2.52. The number of methoxy groups -OCH3 is 3. The fourth-order valence-electron chi connectivity index (χ4n) is 2.88. The summed E-state index contributed by atoms with van der Waals surface area (Å²) in [4.78, 5) is 23.2. The van der Waals surface area contributed by atoms with E-state index in [4.69, 9.17) is 18.9 Å². The summed E-state index contributed by atoms with van der Waals surface area (Å²) in [7, 11) is 4.42. The number of benzene rings is 2. The lowest BCUT2D eigenvalue weighted by Gasteiger charge is -2.18. The standard InChI is InChI=1S/C20H22O7/c1-11-6-13(24-3)7-18(15(11)9-21)27-10-16-14(20(22)23)8-17(25-4)12(2)19(16)26-5/h6-9H,10H2,1-5H3,(H,22,23). The lowest BCUT2D eigenvalue weighted by molar-refractivity contribution is 0.0692. The molecule has 0 aliphatic rings. The van der Waals surface area contributed by atoms with Crippen LogP contribution in [0, 0.1) is 13.8 Å². The van der Waals surface area contributed by atoms with Gasteiger partial charge in [-0.25, -0.2) is 4.79 Å². The van der Waals surface area contributed by atoms with E-state index < -0.39 is 5.97 Å². The average Bonchev–Trinajstić information content (AvgIpc) is 2.65. The first-order valence-electron chi connectivity index (χ1n) is 8.12. The maximum Gasteiger partial charge on any atom is 0.336 e. The summed E-state index contributed by atoms with van der Waals surface area (Å²) < 4.78 is 21.7. The number of aryl methyl sites for hydroxylation is 1. The van der Waals surface area contributed by atoms with Gasteiger partial charge in [0.25, 0.3) is 0 Å². The van der Waals surface area contributed by atoms with E-state index in [0.29, 0.717) is 51.5 Å². The van der Waals surface area contributed by atoms with E-state index in [9.17, 15) is 14.7 Å². The van der Waals surface area contributed by atoms with Gasteiger partial charge in [-0.3, -0.25) is 4.79 Å². The number of carbonyl (C=O) groups excluding carboxylic acids is 1. The van der Waals surface area contributed by atoms with Crippen LogP contribution in [0.5, 0.6) is 23.0 Å². The van der Waals surface area contributed by atoms with Gasteiger partial charge >= 0.3 is 5.97 Å². The molecule has 0 heterocycles. The fourth-order valence-corrected chi connectivity index (χ4v) is 2.88. The Labute approximate surface area is 157 Å². The molecule has 0 amide bonds. The van der Waals surface area contributed by atoms with Crippen molar-refractivity contribution < 1.29 is 33.6 Å². The second kappa shape index (κ2) is 8.44. The van der Waals surface area contributed by atoms with E-state index in [1.807, 2.05) is 0 Å². The highest BCUT2D eigenvalue weighted by atomic mass is 16.5. The molecule has 0 saturated carbocycles. The third kappa shape index (κ3) is 3.97. The minimum Gasteiger partial charge on any atom is -0.497 e. The van der Waals surface area contributed by atoms with Crippen molar-refractivity contribution in [2.45, 2.75) is 20.5 Å². The number of carboxylic acids is 1. The van der Waals surface area contributed by atoms with Crippen LogP contribution in [0.2, 0.25) is 0 Å². The molecule has 27 heavy (non-hydrogen) atoms. The molecule has 7 nitrogen and oxygen atoms in total. The second-order valence-corrected chi connectivity index (χ2v) is 5.83. The molecular formula is C20H22O7. The van der Waals surface area contributed by atoms with Crippen LogP contribution in [0.3, 0.4) is 0 Å². The first kappa shape index (κ1) is 20.1. The van der Waals surface area contributed by atoms with Crippen LogP contribution >= 0.6 is 0 Å². The van der Waals surface area contributed by atoms with Gasteiger partial charge in [0.15, 0.2) is 6.29 Å². The Bertz CT molecular complexity index is 871. The van der Waals surface area contributed by atoms with E-state index >= 15 is 0 Å². The molecule has 0 fully saturated rings. The van der Waals surface area contributed by atoms with E-state index in [0.717, 1.165) is 0 Å². The number of rotatable bonds is 8. The second-order valence-electron chi connectivity index (χ2n) is 5.83. The number of carboxylic acid groups (broad SMARTS) is 1. The molecule has 0 aliphatic heterocycles. The van der Waals surface area contributed by atoms with Gasteiger partial charge in [-0.1, -0.05) is 0 Å². The first-order chi connectivity index (χ1) is 12.9. The highest BCUT2D eigenvalue weighted by Crippen LogP contribution is 2.36. The zero-order valence-corrected chi connectivity index (χ0v) is 15.9.